The second kappa shape index (κ2) is 6.11. The molecule has 22 heavy (non-hydrogen) atoms. The molecule has 1 aromatic heterocycles. The molecule has 1 heterocycles. The van der Waals surface area contributed by atoms with E-state index in [1.54, 1.807) is 24.4 Å². The molecule has 2 aromatic rings. The fraction of sp³-hybridized carbons (Fsp3) is 0.200. The van der Waals surface area contributed by atoms with E-state index in [1.165, 1.54) is 0 Å². The minimum absolute atomic E-state index is 0.194. The van der Waals surface area contributed by atoms with Crippen LogP contribution in [0.3, 0.4) is 0 Å². The Labute approximate surface area is 131 Å². The molecule has 7 heteroatoms. The zero-order valence-electron chi connectivity index (χ0n) is 11.5. The van der Waals surface area contributed by atoms with Gasteiger partial charge >= 0.3 is 0 Å². The number of aromatic nitrogens is 2. The van der Waals surface area contributed by atoms with Crippen LogP contribution in [0.5, 0.6) is 0 Å². The van der Waals surface area contributed by atoms with Crippen LogP contribution < -0.4 is 10.9 Å². The Morgan fingerprint density at radius 1 is 1.27 bits per heavy atom. The smallest absolute Gasteiger partial charge is 0.277 e. The summed E-state index contributed by atoms with van der Waals surface area (Å²) in [6.07, 6.45) is 4.05. The number of carbonyl (C=O) groups is 2. The summed E-state index contributed by atoms with van der Waals surface area (Å²) in [5.41, 5.74) is 5.80. The van der Waals surface area contributed by atoms with Gasteiger partial charge < -0.3 is 0 Å². The molecule has 3 rings (SSSR count). The average Bonchev–Trinajstić information content (AvgIpc) is 3.37. The van der Waals surface area contributed by atoms with E-state index in [4.69, 9.17) is 11.6 Å². The fourth-order valence-corrected chi connectivity index (χ4v) is 2.38. The number of amides is 2. The second-order valence-electron chi connectivity index (χ2n) is 4.96. The maximum atomic E-state index is 12.2. The number of hydrogen-bond donors (Lipinski definition) is 2. The Kier molecular flexibility index (Phi) is 4.02. The van der Waals surface area contributed by atoms with Crippen LogP contribution in [-0.2, 0) is 4.79 Å². The number of hydrogen-bond acceptors (Lipinski definition) is 4. The average molecular weight is 317 g/mol. The molecule has 1 aromatic carbocycles. The Bertz CT molecular complexity index is 731. The Hall–Kier alpha value is -2.47. The highest BCUT2D eigenvalue weighted by Crippen LogP contribution is 2.39. The molecule has 6 nitrogen and oxygen atoms in total. The molecule has 2 N–H and O–H groups in total. The first-order valence-corrected chi connectivity index (χ1v) is 7.20. The lowest BCUT2D eigenvalue weighted by atomic mass is 10.0. The highest BCUT2D eigenvalue weighted by molar-refractivity contribution is 6.33. The third-order valence-corrected chi connectivity index (χ3v) is 3.70. The first kappa shape index (κ1) is 14.5. The lowest BCUT2D eigenvalue weighted by Crippen LogP contribution is -2.37. The molecular weight excluding hydrogens is 304 g/mol. The highest BCUT2D eigenvalue weighted by Gasteiger charge is 2.28. The highest BCUT2D eigenvalue weighted by atomic mass is 35.5. The van der Waals surface area contributed by atoms with Gasteiger partial charge in [-0.05, 0) is 18.9 Å². The van der Waals surface area contributed by atoms with Crippen LogP contribution in [0.25, 0.3) is 11.1 Å². The van der Waals surface area contributed by atoms with Crippen molar-refractivity contribution in [1.29, 1.82) is 0 Å². The summed E-state index contributed by atoms with van der Waals surface area (Å²) in [7, 11) is 0. The number of carbonyl (C=O) groups excluding carboxylic acids is 2. The van der Waals surface area contributed by atoms with Crippen molar-refractivity contribution in [2.45, 2.75) is 18.8 Å². The van der Waals surface area contributed by atoms with Crippen LogP contribution in [-0.4, -0.2) is 22.3 Å². The number of nitrogens with one attached hydrogen (secondary N) is 2. The van der Waals surface area contributed by atoms with Gasteiger partial charge in [0.2, 0.25) is 6.41 Å². The molecule has 2 amide bonds. The van der Waals surface area contributed by atoms with Crippen molar-refractivity contribution >= 4 is 23.9 Å². The topological polar surface area (TPSA) is 84.0 Å². The van der Waals surface area contributed by atoms with Crippen LogP contribution in [0.15, 0.2) is 30.5 Å². The Morgan fingerprint density at radius 3 is 2.73 bits per heavy atom. The van der Waals surface area contributed by atoms with Crippen LogP contribution in [0.2, 0.25) is 5.02 Å². The molecular formula is C15H13ClN4O2. The van der Waals surface area contributed by atoms with Gasteiger partial charge in [0.1, 0.15) is 11.5 Å². The summed E-state index contributed by atoms with van der Waals surface area (Å²) >= 11 is 6.20. The van der Waals surface area contributed by atoms with Gasteiger partial charge in [0, 0.05) is 28.3 Å². The third-order valence-electron chi connectivity index (χ3n) is 3.37. The number of nitrogens with zero attached hydrogens (tertiary/aromatic N) is 2. The van der Waals surface area contributed by atoms with Crippen molar-refractivity contribution in [3.8, 4) is 11.1 Å². The third kappa shape index (κ3) is 2.92. The van der Waals surface area contributed by atoms with Crippen LogP contribution >= 0.6 is 11.6 Å². The normalized spacial score (nSPS) is 13.5. The standard InChI is InChI=1S/C15H13ClN4O2/c16-12-4-2-1-3-10(12)11-7-17-14(9-5-6-9)19-13(11)15(22)20-18-8-21/h1-4,7-9H,5-6H2,(H,18,21)(H,20,22). The largest absolute Gasteiger partial charge is 0.289 e. The van der Waals surface area contributed by atoms with Crippen LogP contribution in [0, 0.1) is 0 Å². The molecule has 0 spiro atoms. The van der Waals surface area contributed by atoms with Crippen molar-refractivity contribution in [1.82, 2.24) is 20.8 Å². The molecule has 1 saturated carbocycles. The zero-order valence-corrected chi connectivity index (χ0v) is 12.3. The molecule has 0 radical (unpaired) electrons. The van der Waals surface area contributed by atoms with Gasteiger partial charge in [-0.25, -0.2) is 9.97 Å². The fourth-order valence-electron chi connectivity index (χ4n) is 2.14. The van der Waals surface area contributed by atoms with E-state index < -0.39 is 5.91 Å². The minimum Gasteiger partial charge on any atom is -0.277 e. The predicted molar refractivity (Wildman–Crippen MR) is 81.1 cm³/mol. The van der Waals surface area contributed by atoms with E-state index in [1.807, 2.05) is 6.07 Å². The summed E-state index contributed by atoms with van der Waals surface area (Å²) in [5.74, 6) is 0.448. The summed E-state index contributed by atoms with van der Waals surface area (Å²) in [6, 6.07) is 7.15. The van der Waals surface area contributed by atoms with Crippen molar-refractivity contribution < 1.29 is 9.59 Å². The number of benzene rings is 1. The van der Waals surface area contributed by atoms with Gasteiger partial charge in [-0.3, -0.25) is 20.4 Å². The van der Waals surface area contributed by atoms with Crippen molar-refractivity contribution in [2.24, 2.45) is 0 Å². The molecule has 0 aliphatic heterocycles. The van der Waals surface area contributed by atoms with Crippen molar-refractivity contribution in [3.63, 3.8) is 0 Å². The Balaban J connectivity index is 2.06. The van der Waals surface area contributed by atoms with E-state index in [9.17, 15) is 9.59 Å². The van der Waals surface area contributed by atoms with Crippen LogP contribution in [0.4, 0.5) is 0 Å². The number of rotatable bonds is 5. The Morgan fingerprint density at radius 2 is 2.05 bits per heavy atom. The quantitative estimate of drug-likeness (QED) is 0.653. The minimum atomic E-state index is -0.508. The van der Waals surface area contributed by atoms with Gasteiger partial charge in [0.25, 0.3) is 5.91 Å². The van der Waals surface area contributed by atoms with E-state index in [0.29, 0.717) is 34.3 Å². The summed E-state index contributed by atoms with van der Waals surface area (Å²) in [6.45, 7) is 0. The molecule has 1 aliphatic carbocycles. The lowest BCUT2D eigenvalue weighted by Gasteiger charge is -2.11. The molecule has 0 bridgehead atoms. The van der Waals surface area contributed by atoms with E-state index in [2.05, 4.69) is 20.8 Å². The van der Waals surface area contributed by atoms with Gasteiger partial charge in [0.15, 0.2) is 0 Å². The predicted octanol–water partition coefficient (Wildman–Crippen LogP) is 2.07. The molecule has 0 atom stereocenters. The van der Waals surface area contributed by atoms with E-state index in [-0.39, 0.29) is 5.69 Å². The van der Waals surface area contributed by atoms with Crippen molar-refractivity contribution in [3.05, 3.63) is 47.0 Å². The van der Waals surface area contributed by atoms with Crippen molar-refractivity contribution in [2.75, 3.05) is 0 Å². The maximum Gasteiger partial charge on any atom is 0.289 e. The summed E-state index contributed by atoms with van der Waals surface area (Å²) < 4.78 is 0. The first-order valence-electron chi connectivity index (χ1n) is 6.82. The van der Waals surface area contributed by atoms with Gasteiger partial charge in [-0.15, -0.1) is 0 Å². The zero-order chi connectivity index (χ0) is 15.5. The van der Waals surface area contributed by atoms with Gasteiger partial charge in [-0.2, -0.15) is 0 Å². The summed E-state index contributed by atoms with van der Waals surface area (Å²) in [4.78, 5) is 31.3. The lowest BCUT2D eigenvalue weighted by molar-refractivity contribution is -0.110. The second-order valence-corrected chi connectivity index (χ2v) is 5.37. The molecule has 0 saturated heterocycles. The van der Waals surface area contributed by atoms with E-state index >= 15 is 0 Å². The SMILES string of the molecule is O=CNNC(=O)c1nc(C2CC2)ncc1-c1ccccc1Cl. The molecule has 112 valence electrons. The molecule has 1 fully saturated rings. The van der Waals surface area contributed by atoms with Gasteiger partial charge in [0.05, 0.1) is 0 Å². The maximum absolute atomic E-state index is 12.2. The van der Waals surface area contributed by atoms with E-state index in [0.717, 1.165) is 12.8 Å². The summed E-state index contributed by atoms with van der Waals surface area (Å²) in [5, 5.41) is 0.502. The molecule has 1 aliphatic rings. The van der Waals surface area contributed by atoms with Gasteiger partial charge in [-0.1, -0.05) is 29.8 Å². The monoisotopic (exact) mass is 316 g/mol. The first-order chi connectivity index (χ1) is 10.7. The van der Waals surface area contributed by atoms with Crippen LogP contribution in [0.1, 0.15) is 35.1 Å². The number of halogens is 1. The number of hydrazine groups is 1. The molecule has 0 unspecified atom stereocenters.